The average molecular weight is 377 g/mol. The van der Waals surface area contributed by atoms with E-state index in [9.17, 15) is 17.6 Å². The highest BCUT2D eigenvalue weighted by Gasteiger charge is 2.52. The maximum atomic E-state index is 14.5. The first-order chi connectivity index (χ1) is 8.81. The first kappa shape index (κ1) is 15.8. The van der Waals surface area contributed by atoms with Crippen LogP contribution in [0.1, 0.15) is 19.8 Å². The van der Waals surface area contributed by atoms with Gasteiger partial charge in [0.25, 0.3) is 0 Å². The zero-order valence-corrected chi connectivity index (χ0v) is 13.4. The van der Waals surface area contributed by atoms with Crippen molar-refractivity contribution in [1.82, 2.24) is 0 Å². The Morgan fingerprint density at radius 2 is 2.11 bits per heavy atom. The summed E-state index contributed by atoms with van der Waals surface area (Å²) in [6.07, 6.45) is 0.847. The van der Waals surface area contributed by atoms with Crippen molar-refractivity contribution in [3.05, 3.63) is 22.5 Å². The topological polar surface area (TPSA) is 0 Å². The summed E-state index contributed by atoms with van der Waals surface area (Å²) in [5, 5.41) is 0.114. The van der Waals surface area contributed by atoms with Gasteiger partial charge in [0.2, 0.25) is 0 Å². The molecular formula is C12H13BrF4S2. The summed E-state index contributed by atoms with van der Waals surface area (Å²) < 4.78 is 50.3. The lowest BCUT2D eigenvalue weighted by Gasteiger charge is -2.46. The SMILES string of the molecule is CCSC1(/C(F)=C(\Br)C(F)(F)F)S[C@H]2C=C[C@@H]1CC2. The fourth-order valence-electron chi connectivity index (χ4n) is 2.43. The van der Waals surface area contributed by atoms with E-state index in [2.05, 4.69) is 15.9 Å². The van der Waals surface area contributed by atoms with E-state index in [1.165, 1.54) is 23.5 Å². The van der Waals surface area contributed by atoms with Gasteiger partial charge in [-0.25, -0.2) is 4.39 Å². The van der Waals surface area contributed by atoms with Crippen molar-refractivity contribution in [2.45, 2.75) is 35.3 Å². The van der Waals surface area contributed by atoms with Gasteiger partial charge in [-0.15, -0.1) is 23.5 Å². The summed E-state index contributed by atoms with van der Waals surface area (Å²) in [6, 6.07) is 0. The zero-order chi connectivity index (χ0) is 14.3. The molecule has 0 aromatic rings. The van der Waals surface area contributed by atoms with Crippen molar-refractivity contribution in [2.75, 3.05) is 5.75 Å². The number of hydrogen-bond acceptors (Lipinski definition) is 2. The van der Waals surface area contributed by atoms with E-state index in [-0.39, 0.29) is 11.2 Å². The van der Waals surface area contributed by atoms with Gasteiger partial charge in [0.05, 0.1) is 0 Å². The lowest BCUT2D eigenvalue weighted by molar-refractivity contribution is -0.0848. The minimum absolute atomic E-state index is 0.114. The molecule has 0 spiro atoms. The van der Waals surface area contributed by atoms with Gasteiger partial charge in [-0.1, -0.05) is 19.1 Å². The van der Waals surface area contributed by atoms with Crippen LogP contribution in [-0.2, 0) is 0 Å². The fraction of sp³-hybridized carbons (Fsp3) is 0.667. The summed E-state index contributed by atoms with van der Waals surface area (Å²) >= 11 is 4.99. The van der Waals surface area contributed by atoms with Crippen LogP contribution in [0.25, 0.3) is 0 Å². The first-order valence-corrected chi connectivity index (χ1v) is 8.60. The van der Waals surface area contributed by atoms with Gasteiger partial charge in [0.15, 0.2) is 0 Å². The van der Waals surface area contributed by atoms with Crippen molar-refractivity contribution in [2.24, 2.45) is 5.92 Å². The van der Waals surface area contributed by atoms with Crippen LogP contribution in [0, 0.1) is 5.92 Å². The Morgan fingerprint density at radius 1 is 1.42 bits per heavy atom. The van der Waals surface area contributed by atoms with Crippen molar-refractivity contribution in [1.29, 1.82) is 0 Å². The molecule has 1 fully saturated rings. The molecule has 2 aliphatic heterocycles. The third-order valence-electron chi connectivity index (χ3n) is 3.24. The van der Waals surface area contributed by atoms with E-state index < -0.39 is 20.6 Å². The molecule has 19 heavy (non-hydrogen) atoms. The van der Waals surface area contributed by atoms with Crippen LogP contribution in [0.15, 0.2) is 22.5 Å². The summed E-state index contributed by atoms with van der Waals surface area (Å²) in [5.74, 6) is -0.673. The molecule has 2 heterocycles. The second-order valence-corrected chi connectivity index (χ2v) is 8.50. The average Bonchev–Trinajstić information content (AvgIpc) is 2.37. The minimum Gasteiger partial charge on any atom is -0.208 e. The van der Waals surface area contributed by atoms with Crippen molar-refractivity contribution >= 4 is 39.5 Å². The smallest absolute Gasteiger partial charge is 0.208 e. The highest BCUT2D eigenvalue weighted by Crippen LogP contribution is 2.61. The second kappa shape index (κ2) is 5.64. The molecule has 0 aromatic carbocycles. The molecule has 1 saturated heterocycles. The third kappa shape index (κ3) is 2.88. The van der Waals surface area contributed by atoms with Crippen LogP contribution >= 0.6 is 39.5 Å². The minimum atomic E-state index is -4.67. The Bertz CT molecular complexity index is 418. The molecule has 3 rings (SSSR count). The predicted octanol–water partition coefficient (Wildman–Crippen LogP) is 5.66. The number of fused-ring (bicyclic) bond motifs is 2. The van der Waals surface area contributed by atoms with Crippen molar-refractivity contribution in [3.8, 4) is 0 Å². The van der Waals surface area contributed by atoms with Gasteiger partial charge >= 0.3 is 6.18 Å². The second-order valence-electron chi connectivity index (χ2n) is 4.45. The van der Waals surface area contributed by atoms with Crippen LogP contribution in [0.5, 0.6) is 0 Å². The summed E-state index contributed by atoms with van der Waals surface area (Å²) in [6.45, 7) is 1.84. The number of rotatable bonds is 3. The molecule has 108 valence electrons. The highest BCUT2D eigenvalue weighted by atomic mass is 79.9. The molecule has 0 nitrogen and oxygen atoms in total. The van der Waals surface area contributed by atoms with Crippen LogP contribution in [-0.4, -0.2) is 21.3 Å². The van der Waals surface area contributed by atoms with E-state index in [1.807, 2.05) is 19.1 Å². The fourth-order valence-corrected chi connectivity index (χ4v) is 6.52. The molecular weight excluding hydrogens is 364 g/mol. The Kier molecular flexibility index (Phi) is 4.68. The van der Waals surface area contributed by atoms with Crippen LogP contribution < -0.4 is 0 Å². The van der Waals surface area contributed by atoms with Crippen LogP contribution in [0.4, 0.5) is 17.6 Å². The Hall–Kier alpha value is 0.380. The predicted molar refractivity (Wildman–Crippen MR) is 77.2 cm³/mol. The third-order valence-corrected chi connectivity index (χ3v) is 7.41. The largest absolute Gasteiger partial charge is 0.425 e. The van der Waals surface area contributed by atoms with Crippen molar-refractivity contribution < 1.29 is 17.6 Å². The molecule has 3 atom stereocenters. The molecule has 3 aliphatic rings. The van der Waals surface area contributed by atoms with Gasteiger partial charge in [0.1, 0.15) is 14.4 Å². The van der Waals surface area contributed by atoms with Gasteiger partial charge in [0, 0.05) is 11.2 Å². The summed E-state index contributed by atoms with van der Waals surface area (Å²) in [5.41, 5.74) is 0. The van der Waals surface area contributed by atoms with Crippen LogP contribution in [0.3, 0.4) is 0 Å². The Balaban J connectivity index is 2.44. The van der Waals surface area contributed by atoms with Gasteiger partial charge < -0.3 is 0 Å². The molecule has 0 amide bonds. The number of alkyl halides is 3. The molecule has 0 saturated carbocycles. The van der Waals surface area contributed by atoms with E-state index in [0.29, 0.717) is 5.75 Å². The zero-order valence-electron chi connectivity index (χ0n) is 10.1. The Labute approximate surface area is 126 Å². The van der Waals surface area contributed by atoms with E-state index in [4.69, 9.17) is 0 Å². The van der Waals surface area contributed by atoms with Crippen molar-refractivity contribution in [3.63, 3.8) is 0 Å². The van der Waals surface area contributed by atoms with Gasteiger partial charge in [-0.05, 0) is 34.5 Å². The Morgan fingerprint density at radius 3 is 2.47 bits per heavy atom. The molecule has 7 heteroatoms. The number of halogens is 5. The summed E-state index contributed by atoms with van der Waals surface area (Å²) in [4.78, 5) is 0. The number of thioether (sulfide) groups is 2. The molecule has 1 aliphatic carbocycles. The highest BCUT2D eigenvalue weighted by molar-refractivity contribution is 9.11. The monoisotopic (exact) mass is 376 g/mol. The lowest BCUT2D eigenvalue weighted by Crippen LogP contribution is -2.41. The van der Waals surface area contributed by atoms with E-state index in [1.54, 1.807) is 0 Å². The van der Waals surface area contributed by atoms with E-state index >= 15 is 0 Å². The molecule has 1 unspecified atom stereocenters. The number of hydrogen-bond donors (Lipinski definition) is 0. The summed E-state index contributed by atoms with van der Waals surface area (Å²) in [7, 11) is 0. The maximum Gasteiger partial charge on any atom is 0.425 e. The normalized spacial score (nSPS) is 35.5. The number of allylic oxidation sites excluding steroid dienone is 2. The first-order valence-electron chi connectivity index (χ1n) is 5.94. The maximum absolute atomic E-state index is 14.5. The van der Waals surface area contributed by atoms with Gasteiger partial charge in [-0.3, -0.25) is 0 Å². The molecule has 0 N–H and O–H groups in total. The standard InChI is InChI=1S/C12H13BrF4S2/c1-2-18-11(10(14)9(13)12(15,16)17)7-3-5-8(19-11)6-4-7/h3,5,7-8H,2,4,6H2,1H3/b10-9+/t7-,8+,11?/m1/s1. The molecule has 2 bridgehead atoms. The van der Waals surface area contributed by atoms with E-state index in [0.717, 1.165) is 12.8 Å². The van der Waals surface area contributed by atoms with Crippen LogP contribution in [0.2, 0.25) is 0 Å². The molecule has 0 aromatic heterocycles. The lowest BCUT2D eigenvalue weighted by atomic mass is 9.90. The molecule has 0 radical (unpaired) electrons. The van der Waals surface area contributed by atoms with Gasteiger partial charge in [-0.2, -0.15) is 13.2 Å². The quantitative estimate of drug-likeness (QED) is 0.460.